The van der Waals surface area contributed by atoms with E-state index >= 15 is 0 Å². The second kappa shape index (κ2) is 3.28. The van der Waals surface area contributed by atoms with E-state index in [1.165, 1.54) is 18.2 Å². The van der Waals surface area contributed by atoms with Gasteiger partial charge in [0, 0.05) is 10.1 Å². The van der Waals surface area contributed by atoms with E-state index in [1.54, 1.807) is 0 Å². The summed E-state index contributed by atoms with van der Waals surface area (Å²) in [5.74, 6) is -0.808. The number of aromatic nitrogens is 2. The van der Waals surface area contributed by atoms with Crippen molar-refractivity contribution in [2.24, 2.45) is 5.11 Å². The lowest BCUT2D eigenvalue weighted by molar-refractivity contribution is -0.782. The van der Waals surface area contributed by atoms with Crippen molar-refractivity contribution < 1.29 is 14.3 Å². The maximum atomic E-state index is 11.3. The highest BCUT2D eigenvalue weighted by Gasteiger charge is 2.17. The van der Waals surface area contributed by atoms with E-state index in [4.69, 9.17) is 5.53 Å². The maximum Gasteiger partial charge on any atom is 0.259 e. The smallest absolute Gasteiger partial charge is 0.259 e. The molecule has 74 valence electrons. The molecule has 0 spiro atoms. The zero-order chi connectivity index (χ0) is 10.8. The number of rotatable bonds is 1. The van der Waals surface area contributed by atoms with Crippen molar-refractivity contribution in [3.63, 3.8) is 0 Å². The molecule has 0 N–H and O–H groups in total. The first-order valence-electron chi connectivity index (χ1n) is 3.82. The Morgan fingerprint density at radius 1 is 1.67 bits per heavy atom. The largest absolute Gasteiger partial charge is 0.359 e. The summed E-state index contributed by atoms with van der Waals surface area (Å²) < 4.78 is 4.31. The lowest BCUT2D eigenvalue weighted by Gasteiger charge is -1.90. The lowest BCUT2D eigenvalue weighted by atomic mass is 10.2. The first-order chi connectivity index (χ1) is 7.24. The van der Waals surface area contributed by atoms with Crippen LogP contribution in [0.2, 0.25) is 0 Å². The zero-order valence-corrected chi connectivity index (χ0v) is 7.19. The summed E-state index contributed by atoms with van der Waals surface area (Å²) in [4.78, 5) is 13.8. The van der Waals surface area contributed by atoms with Gasteiger partial charge in [0.1, 0.15) is 0 Å². The second-order valence-electron chi connectivity index (χ2n) is 2.60. The molecule has 15 heavy (non-hydrogen) atoms. The quantitative estimate of drug-likeness (QED) is 0.297. The van der Waals surface area contributed by atoms with Gasteiger partial charge < -0.3 is 5.21 Å². The van der Waals surface area contributed by atoms with Crippen molar-refractivity contribution >= 4 is 16.9 Å². The molecule has 0 aliphatic carbocycles. The normalized spacial score (nSPS) is 9.87. The van der Waals surface area contributed by atoms with Gasteiger partial charge in [-0.25, -0.2) is 0 Å². The van der Waals surface area contributed by atoms with Gasteiger partial charge in [-0.05, 0) is 27.7 Å². The predicted octanol–water partition coefficient (Wildman–Crippen LogP) is 0.912. The van der Waals surface area contributed by atoms with Crippen LogP contribution in [0.3, 0.4) is 0 Å². The van der Waals surface area contributed by atoms with Gasteiger partial charge in [0.2, 0.25) is 5.52 Å². The standard InChI is InChI=1S/C7H3N5O3/c8-11-9-7(13)4-2-1-3-5-6(4)10-15-12(5)14/h1-3H. The number of amides is 1. The Bertz CT molecular complexity index is 583. The van der Waals surface area contributed by atoms with E-state index in [2.05, 4.69) is 19.8 Å². The Hall–Kier alpha value is -2.60. The molecule has 1 amide bonds. The van der Waals surface area contributed by atoms with Crippen LogP contribution in [-0.4, -0.2) is 11.1 Å². The minimum Gasteiger partial charge on any atom is -0.359 e. The first-order valence-corrected chi connectivity index (χ1v) is 3.82. The van der Waals surface area contributed by atoms with Gasteiger partial charge in [0.15, 0.2) is 0 Å². The highest BCUT2D eigenvalue weighted by molar-refractivity contribution is 6.04. The number of fused-ring (bicyclic) bond motifs is 1. The van der Waals surface area contributed by atoms with Crippen LogP contribution < -0.4 is 4.90 Å². The molecule has 1 heterocycles. The van der Waals surface area contributed by atoms with Crippen molar-refractivity contribution in [3.05, 3.63) is 39.4 Å². The third-order valence-corrected chi connectivity index (χ3v) is 1.78. The van der Waals surface area contributed by atoms with Gasteiger partial charge in [-0.3, -0.25) is 9.42 Å². The van der Waals surface area contributed by atoms with Crippen LogP contribution in [-0.2, 0) is 0 Å². The number of hydrogen-bond donors (Lipinski definition) is 0. The van der Waals surface area contributed by atoms with Gasteiger partial charge in [-0.2, -0.15) is 0 Å². The average molecular weight is 205 g/mol. The van der Waals surface area contributed by atoms with Gasteiger partial charge in [0.05, 0.1) is 5.56 Å². The summed E-state index contributed by atoms with van der Waals surface area (Å²) in [5.41, 5.74) is 8.31. The number of nitrogens with zero attached hydrogens (tertiary/aromatic N) is 5. The summed E-state index contributed by atoms with van der Waals surface area (Å²) >= 11 is 0. The molecule has 2 aromatic rings. The van der Waals surface area contributed by atoms with E-state index in [1.807, 2.05) is 0 Å². The van der Waals surface area contributed by atoms with Crippen molar-refractivity contribution in [1.82, 2.24) is 5.16 Å². The number of carbonyl (C=O) groups excluding carboxylic acids is 1. The molecule has 0 unspecified atom stereocenters. The molecule has 0 atom stereocenters. The third-order valence-electron chi connectivity index (χ3n) is 1.78. The Balaban J connectivity index is 2.71. The molecule has 0 fully saturated rings. The van der Waals surface area contributed by atoms with Crippen LogP contribution in [0.15, 0.2) is 27.9 Å². The highest BCUT2D eigenvalue weighted by Crippen LogP contribution is 2.14. The Kier molecular flexibility index (Phi) is 1.96. The molecule has 2 rings (SSSR count). The van der Waals surface area contributed by atoms with Crippen LogP contribution in [0.25, 0.3) is 21.5 Å². The Labute approximate surface area is 81.9 Å². The molecule has 1 aromatic carbocycles. The SMILES string of the molecule is [N-]=[N+]=NC(=O)c1cccc2c1no[n+]2[O-]. The van der Waals surface area contributed by atoms with Gasteiger partial charge >= 0.3 is 0 Å². The summed E-state index contributed by atoms with van der Waals surface area (Å²) in [5, 5.41) is 17.3. The fraction of sp³-hybridized carbons (Fsp3) is 0. The maximum absolute atomic E-state index is 11.3. The van der Waals surface area contributed by atoms with Crippen LogP contribution in [0, 0.1) is 5.21 Å². The molecule has 0 radical (unpaired) electrons. The van der Waals surface area contributed by atoms with E-state index < -0.39 is 5.91 Å². The highest BCUT2D eigenvalue weighted by atomic mass is 16.8. The van der Waals surface area contributed by atoms with Crippen molar-refractivity contribution in [3.8, 4) is 0 Å². The van der Waals surface area contributed by atoms with Crippen molar-refractivity contribution in [2.75, 3.05) is 0 Å². The molecular formula is C7H3N5O3. The van der Waals surface area contributed by atoms with E-state index in [0.29, 0.717) is 0 Å². The Morgan fingerprint density at radius 2 is 2.47 bits per heavy atom. The van der Waals surface area contributed by atoms with Crippen LogP contribution in [0.1, 0.15) is 10.4 Å². The van der Waals surface area contributed by atoms with E-state index in [-0.39, 0.29) is 21.5 Å². The van der Waals surface area contributed by atoms with Crippen LogP contribution in [0.4, 0.5) is 0 Å². The van der Waals surface area contributed by atoms with Crippen LogP contribution >= 0.6 is 0 Å². The first kappa shape index (κ1) is 8.97. The average Bonchev–Trinajstić information content (AvgIpc) is 2.61. The van der Waals surface area contributed by atoms with E-state index in [0.717, 1.165) is 0 Å². The molecule has 8 nitrogen and oxygen atoms in total. The molecule has 0 saturated carbocycles. The zero-order valence-electron chi connectivity index (χ0n) is 7.19. The number of hydrogen-bond acceptors (Lipinski definition) is 4. The molecule has 0 saturated heterocycles. The monoisotopic (exact) mass is 205 g/mol. The van der Waals surface area contributed by atoms with Crippen molar-refractivity contribution in [1.29, 1.82) is 0 Å². The summed E-state index contributed by atoms with van der Waals surface area (Å²) in [7, 11) is 0. The summed E-state index contributed by atoms with van der Waals surface area (Å²) in [6.07, 6.45) is 0. The predicted molar refractivity (Wildman–Crippen MR) is 46.4 cm³/mol. The molecule has 8 heteroatoms. The second-order valence-corrected chi connectivity index (χ2v) is 2.60. The van der Waals surface area contributed by atoms with Gasteiger partial charge in [-0.1, -0.05) is 6.07 Å². The fourth-order valence-electron chi connectivity index (χ4n) is 1.16. The third kappa shape index (κ3) is 1.34. The molecular weight excluding hydrogens is 202 g/mol. The molecule has 0 aliphatic heterocycles. The molecule has 0 bridgehead atoms. The summed E-state index contributed by atoms with van der Waals surface area (Å²) in [6.45, 7) is 0. The number of azide groups is 1. The van der Waals surface area contributed by atoms with Gasteiger partial charge in [-0.15, -0.1) is 0 Å². The fourth-order valence-corrected chi connectivity index (χ4v) is 1.16. The minimum atomic E-state index is -0.808. The van der Waals surface area contributed by atoms with Crippen molar-refractivity contribution in [2.45, 2.75) is 0 Å². The van der Waals surface area contributed by atoms with Crippen LogP contribution in [0.5, 0.6) is 0 Å². The van der Waals surface area contributed by atoms with E-state index in [9.17, 15) is 10.0 Å². The van der Waals surface area contributed by atoms with Gasteiger partial charge in [0.25, 0.3) is 11.4 Å². The molecule has 1 aromatic heterocycles. The summed E-state index contributed by atoms with van der Waals surface area (Å²) in [6, 6.07) is 4.29. The minimum absolute atomic E-state index is 0.0312. The number of benzene rings is 1. The lowest BCUT2D eigenvalue weighted by Crippen LogP contribution is -2.22. The molecule has 0 aliphatic rings. The topological polar surface area (TPSA) is 119 Å². The Morgan fingerprint density at radius 3 is 3.20 bits per heavy atom. The number of carbonyl (C=O) groups is 1.